The number of amides is 2. The van der Waals surface area contributed by atoms with Crippen molar-refractivity contribution in [3.63, 3.8) is 0 Å². The zero-order valence-electron chi connectivity index (χ0n) is 12.8. The fraction of sp³-hybridized carbons (Fsp3) is 0.500. The van der Waals surface area contributed by atoms with Gasteiger partial charge in [0.2, 0.25) is 11.8 Å². The Bertz CT molecular complexity index is 560. The van der Waals surface area contributed by atoms with Crippen LogP contribution in [-0.4, -0.2) is 43.0 Å². The molecule has 1 aliphatic rings. The highest BCUT2D eigenvalue weighted by molar-refractivity contribution is 6.35. The van der Waals surface area contributed by atoms with Crippen molar-refractivity contribution in [2.75, 3.05) is 26.2 Å². The van der Waals surface area contributed by atoms with Crippen LogP contribution < -0.4 is 10.1 Å². The second-order valence-electron chi connectivity index (χ2n) is 5.36. The number of nitrogens with one attached hydrogen (secondary N) is 1. The predicted molar refractivity (Wildman–Crippen MR) is 90.0 cm³/mol. The van der Waals surface area contributed by atoms with Crippen LogP contribution in [0.4, 0.5) is 0 Å². The quantitative estimate of drug-likeness (QED) is 0.815. The summed E-state index contributed by atoms with van der Waals surface area (Å²) in [6.45, 7) is 2.24. The molecule has 0 spiro atoms. The fourth-order valence-electron chi connectivity index (χ4n) is 2.37. The first-order valence-electron chi connectivity index (χ1n) is 7.68. The van der Waals surface area contributed by atoms with Gasteiger partial charge in [0.25, 0.3) is 0 Å². The first-order chi connectivity index (χ1) is 11.1. The summed E-state index contributed by atoms with van der Waals surface area (Å²) >= 11 is 11.8. The van der Waals surface area contributed by atoms with Gasteiger partial charge in [-0.1, -0.05) is 23.2 Å². The number of ether oxygens (including phenoxy) is 1. The number of carbonyl (C=O) groups is 2. The second kappa shape index (κ2) is 8.99. The highest BCUT2D eigenvalue weighted by atomic mass is 35.5. The molecule has 0 radical (unpaired) electrons. The molecule has 0 aromatic heterocycles. The third-order valence-corrected chi connectivity index (χ3v) is 4.13. The van der Waals surface area contributed by atoms with E-state index < -0.39 is 0 Å². The van der Waals surface area contributed by atoms with Gasteiger partial charge in [0.15, 0.2) is 0 Å². The average Bonchev–Trinajstić information content (AvgIpc) is 3.04. The Morgan fingerprint density at radius 1 is 1.17 bits per heavy atom. The summed E-state index contributed by atoms with van der Waals surface area (Å²) in [5.41, 5.74) is 0. The van der Waals surface area contributed by atoms with Crippen molar-refractivity contribution in [1.29, 1.82) is 0 Å². The summed E-state index contributed by atoms with van der Waals surface area (Å²) in [4.78, 5) is 25.4. The average molecular weight is 359 g/mol. The van der Waals surface area contributed by atoms with Crippen LogP contribution in [0.15, 0.2) is 18.2 Å². The molecule has 1 aromatic carbocycles. The molecule has 2 amide bonds. The Balaban J connectivity index is 1.60. The minimum atomic E-state index is -0.149. The van der Waals surface area contributed by atoms with Crippen molar-refractivity contribution in [3.8, 4) is 5.75 Å². The molecule has 23 heavy (non-hydrogen) atoms. The molecular weight excluding hydrogens is 339 g/mol. The summed E-state index contributed by atoms with van der Waals surface area (Å²) in [6, 6.07) is 4.92. The van der Waals surface area contributed by atoms with Crippen LogP contribution in [0.5, 0.6) is 5.75 Å². The summed E-state index contributed by atoms with van der Waals surface area (Å²) < 4.78 is 5.44. The molecule has 5 nitrogen and oxygen atoms in total. The minimum Gasteiger partial charge on any atom is -0.491 e. The molecule has 0 aliphatic carbocycles. The van der Waals surface area contributed by atoms with E-state index >= 15 is 0 Å². The van der Waals surface area contributed by atoms with Gasteiger partial charge in [-0.15, -0.1) is 0 Å². The zero-order chi connectivity index (χ0) is 16.7. The van der Waals surface area contributed by atoms with Gasteiger partial charge in [0, 0.05) is 31.1 Å². The van der Waals surface area contributed by atoms with E-state index in [0.29, 0.717) is 28.8 Å². The lowest BCUT2D eigenvalue weighted by Crippen LogP contribution is -2.33. The molecule has 0 unspecified atom stereocenters. The van der Waals surface area contributed by atoms with Crippen LogP contribution in [0.3, 0.4) is 0 Å². The lowest BCUT2D eigenvalue weighted by molar-refractivity contribution is -0.130. The molecule has 126 valence electrons. The third kappa shape index (κ3) is 5.92. The van der Waals surface area contributed by atoms with E-state index in [0.717, 1.165) is 25.9 Å². The zero-order valence-corrected chi connectivity index (χ0v) is 14.3. The lowest BCUT2D eigenvalue weighted by Gasteiger charge is -2.15. The first kappa shape index (κ1) is 17.9. The Hall–Kier alpha value is -1.46. The highest BCUT2D eigenvalue weighted by Crippen LogP contribution is 2.27. The minimum absolute atomic E-state index is 0.104. The van der Waals surface area contributed by atoms with Crippen molar-refractivity contribution >= 4 is 35.0 Å². The van der Waals surface area contributed by atoms with Crippen molar-refractivity contribution in [3.05, 3.63) is 28.2 Å². The summed E-state index contributed by atoms with van der Waals surface area (Å²) in [5, 5.41) is 3.67. The maximum Gasteiger partial charge on any atom is 0.224 e. The normalized spacial score (nSPS) is 13.9. The van der Waals surface area contributed by atoms with E-state index in [1.165, 1.54) is 0 Å². The van der Waals surface area contributed by atoms with Gasteiger partial charge < -0.3 is 15.0 Å². The Kier molecular flexibility index (Phi) is 6.99. The summed E-state index contributed by atoms with van der Waals surface area (Å²) in [6.07, 6.45) is 2.69. The van der Waals surface area contributed by atoms with Crippen LogP contribution in [0, 0.1) is 0 Å². The van der Waals surface area contributed by atoms with Crippen LogP contribution in [0.25, 0.3) is 0 Å². The monoisotopic (exact) mass is 358 g/mol. The Morgan fingerprint density at radius 3 is 2.61 bits per heavy atom. The van der Waals surface area contributed by atoms with Crippen molar-refractivity contribution < 1.29 is 14.3 Å². The van der Waals surface area contributed by atoms with Crippen LogP contribution in [0.2, 0.25) is 10.0 Å². The molecule has 0 bridgehead atoms. The number of rotatable bonds is 7. The van der Waals surface area contributed by atoms with E-state index in [1.807, 2.05) is 4.90 Å². The van der Waals surface area contributed by atoms with E-state index in [9.17, 15) is 9.59 Å². The number of carbonyl (C=O) groups excluding carboxylic acids is 2. The maximum absolute atomic E-state index is 11.8. The topological polar surface area (TPSA) is 58.6 Å². The SMILES string of the molecule is O=C(CCOc1ccc(Cl)cc1Cl)NCCC(=O)N1CCCC1. The van der Waals surface area contributed by atoms with Crippen molar-refractivity contribution in [2.24, 2.45) is 0 Å². The number of halogens is 2. The van der Waals surface area contributed by atoms with Gasteiger partial charge in [0.05, 0.1) is 18.1 Å². The molecule has 1 N–H and O–H groups in total. The van der Waals surface area contributed by atoms with Gasteiger partial charge >= 0.3 is 0 Å². The smallest absolute Gasteiger partial charge is 0.224 e. The Morgan fingerprint density at radius 2 is 1.91 bits per heavy atom. The molecule has 1 aromatic rings. The number of nitrogens with zero attached hydrogens (tertiary/aromatic N) is 1. The lowest BCUT2D eigenvalue weighted by atomic mass is 10.3. The Labute approximate surface area is 145 Å². The summed E-state index contributed by atoms with van der Waals surface area (Å²) in [5.74, 6) is 0.449. The standard InChI is InChI=1S/C16H20Cl2N2O3/c17-12-3-4-14(13(18)11-12)23-10-6-15(21)19-7-5-16(22)20-8-1-2-9-20/h3-4,11H,1-2,5-10H2,(H,19,21). The van der Waals surface area contributed by atoms with E-state index in [1.54, 1.807) is 18.2 Å². The van der Waals surface area contributed by atoms with Gasteiger partial charge in [-0.2, -0.15) is 0 Å². The molecule has 1 saturated heterocycles. The molecule has 0 saturated carbocycles. The van der Waals surface area contributed by atoms with Gasteiger partial charge in [0.1, 0.15) is 5.75 Å². The van der Waals surface area contributed by atoms with Crippen molar-refractivity contribution in [1.82, 2.24) is 10.2 Å². The fourth-order valence-corrected chi connectivity index (χ4v) is 2.83. The molecule has 7 heteroatoms. The van der Waals surface area contributed by atoms with E-state index in [-0.39, 0.29) is 24.8 Å². The first-order valence-corrected chi connectivity index (χ1v) is 8.44. The molecular formula is C16H20Cl2N2O3. The van der Waals surface area contributed by atoms with Crippen LogP contribution >= 0.6 is 23.2 Å². The number of hydrogen-bond acceptors (Lipinski definition) is 3. The van der Waals surface area contributed by atoms with E-state index in [4.69, 9.17) is 27.9 Å². The van der Waals surface area contributed by atoms with Gasteiger partial charge in [-0.05, 0) is 31.0 Å². The van der Waals surface area contributed by atoms with Gasteiger partial charge in [-0.3, -0.25) is 9.59 Å². The van der Waals surface area contributed by atoms with Crippen LogP contribution in [0.1, 0.15) is 25.7 Å². The third-order valence-electron chi connectivity index (χ3n) is 3.60. The van der Waals surface area contributed by atoms with E-state index in [2.05, 4.69) is 5.32 Å². The second-order valence-corrected chi connectivity index (χ2v) is 6.20. The van der Waals surface area contributed by atoms with Gasteiger partial charge in [-0.25, -0.2) is 0 Å². The largest absolute Gasteiger partial charge is 0.491 e. The molecule has 2 rings (SSSR count). The van der Waals surface area contributed by atoms with Crippen LogP contribution in [-0.2, 0) is 9.59 Å². The highest BCUT2D eigenvalue weighted by Gasteiger charge is 2.17. The number of likely N-dealkylation sites (tertiary alicyclic amines) is 1. The molecule has 1 heterocycles. The number of hydrogen-bond donors (Lipinski definition) is 1. The number of benzene rings is 1. The predicted octanol–water partition coefficient (Wildman–Crippen LogP) is 2.89. The van der Waals surface area contributed by atoms with Crippen molar-refractivity contribution in [2.45, 2.75) is 25.7 Å². The molecule has 0 atom stereocenters. The molecule has 1 aliphatic heterocycles. The summed E-state index contributed by atoms with van der Waals surface area (Å²) in [7, 11) is 0. The molecule has 1 fully saturated rings. The maximum atomic E-state index is 11.8.